The van der Waals surface area contributed by atoms with E-state index in [0.29, 0.717) is 13.1 Å². The summed E-state index contributed by atoms with van der Waals surface area (Å²) in [5.41, 5.74) is 8.08. The standard InChI is InChI=1S/C32H34N4O/c1-3-36(4-2)32(37)28-12-10-25(11-13-28)30(29-9-5-7-27-8-6-18-34-31(27)29)26-16-21-35(22-17-26)23-24-14-19-33-20-15-24/h5-15,18-20H,3-4,16-17,21-23H2,1-2H3. The Bertz CT molecular complexity index is 1380. The number of pyridine rings is 2. The molecule has 5 heteroatoms. The number of piperidine rings is 1. The van der Waals surface area contributed by atoms with Crippen LogP contribution in [0.25, 0.3) is 16.5 Å². The van der Waals surface area contributed by atoms with Crippen LogP contribution in [0, 0.1) is 0 Å². The molecule has 5 nitrogen and oxygen atoms in total. The molecule has 1 amide bonds. The highest BCUT2D eigenvalue weighted by Gasteiger charge is 2.21. The van der Waals surface area contributed by atoms with E-state index in [2.05, 4.69) is 58.4 Å². The van der Waals surface area contributed by atoms with Gasteiger partial charge in [0.2, 0.25) is 0 Å². The third-order valence-corrected chi connectivity index (χ3v) is 7.34. The second-order valence-electron chi connectivity index (χ2n) is 9.55. The van der Waals surface area contributed by atoms with Crippen molar-refractivity contribution in [3.63, 3.8) is 0 Å². The number of para-hydroxylation sites is 1. The minimum absolute atomic E-state index is 0.0852. The van der Waals surface area contributed by atoms with E-state index in [1.54, 1.807) is 0 Å². The Balaban J connectivity index is 1.50. The summed E-state index contributed by atoms with van der Waals surface area (Å²) in [6, 6.07) is 22.9. The number of likely N-dealkylation sites (tertiary alicyclic amines) is 1. The van der Waals surface area contributed by atoms with Crippen LogP contribution in [0.15, 0.2) is 90.9 Å². The lowest BCUT2D eigenvalue weighted by Crippen LogP contribution is -2.30. The van der Waals surface area contributed by atoms with Crippen molar-refractivity contribution in [2.45, 2.75) is 33.2 Å². The number of amides is 1. The zero-order chi connectivity index (χ0) is 25.6. The molecule has 0 atom stereocenters. The molecule has 0 saturated carbocycles. The Labute approximate surface area is 219 Å². The maximum Gasteiger partial charge on any atom is 0.253 e. The Kier molecular flexibility index (Phi) is 7.71. The van der Waals surface area contributed by atoms with E-state index in [1.165, 1.54) is 22.3 Å². The zero-order valence-electron chi connectivity index (χ0n) is 21.7. The lowest BCUT2D eigenvalue weighted by atomic mass is 9.87. The molecule has 1 saturated heterocycles. The summed E-state index contributed by atoms with van der Waals surface area (Å²) in [7, 11) is 0. The van der Waals surface area contributed by atoms with Gasteiger partial charge in [-0.1, -0.05) is 42.0 Å². The molecule has 0 N–H and O–H groups in total. The van der Waals surface area contributed by atoms with Gasteiger partial charge in [0, 0.05) is 67.8 Å². The van der Waals surface area contributed by atoms with Gasteiger partial charge in [0.05, 0.1) is 5.52 Å². The first-order valence-corrected chi connectivity index (χ1v) is 13.2. The van der Waals surface area contributed by atoms with Gasteiger partial charge in [0.15, 0.2) is 0 Å². The number of aromatic nitrogens is 2. The lowest BCUT2D eigenvalue weighted by molar-refractivity contribution is 0.0773. The number of rotatable bonds is 7. The van der Waals surface area contributed by atoms with Crippen LogP contribution in [0.2, 0.25) is 0 Å². The topological polar surface area (TPSA) is 49.3 Å². The summed E-state index contributed by atoms with van der Waals surface area (Å²) in [5, 5.41) is 1.14. The quantitative estimate of drug-likeness (QED) is 0.309. The van der Waals surface area contributed by atoms with Crippen LogP contribution in [-0.2, 0) is 6.54 Å². The molecule has 0 unspecified atom stereocenters. The average Bonchev–Trinajstić information content (AvgIpc) is 2.96. The number of hydrogen-bond acceptors (Lipinski definition) is 4. The predicted molar refractivity (Wildman–Crippen MR) is 150 cm³/mol. The third-order valence-electron chi connectivity index (χ3n) is 7.34. The fourth-order valence-electron chi connectivity index (χ4n) is 5.31. The second-order valence-corrected chi connectivity index (χ2v) is 9.55. The Morgan fingerprint density at radius 3 is 2.22 bits per heavy atom. The van der Waals surface area contributed by atoms with Crippen molar-refractivity contribution in [1.82, 2.24) is 19.8 Å². The monoisotopic (exact) mass is 490 g/mol. The summed E-state index contributed by atoms with van der Waals surface area (Å²) >= 11 is 0. The van der Waals surface area contributed by atoms with E-state index in [-0.39, 0.29) is 5.91 Å². The Morgan fingerprint density at radius 2 is 1.51 bits per heavy atom. The molecule has 0 bridgehead atoms. The number of fused-ring (bicyclic) bond motifs is 1. The van der Waals surface area contributed by atoms with E-state index < -0.39 is 0 Å². The van der Waals surface area contributed by atoms with Crippen molar-refractivity contribution in [3.8, 4) is 0 Å². The SMILES string of the molecule is CCN(CC)C(=O)c1ccc(C(=C2CCN(Cc3ccncc3)CC2)c2cccc3cccnc23)cc1. The summed E-state index contributed by atoms with van der Waals surface area (Å²) in [6.07, 6.45) is 7.61. The molecule has 0 radical (unpaired) electrons. The molecule has 0 spiro atoms. The van der Waals surface area contributed by atoms with Gasteiger partial charge in [-0.15, -0.1) is 0 Å². The van der Waals surface area contributed by atoms with Crippen LogP contribution in [0.3, 0.4) is 0 Å². The highest BCUT2D eigenvalue weighted by atomic mass is 16.2. The van der Waals surface area contributed by atoms with E-state index in [0.717, 1.165) is 54.5 Å². The van der Waals surface area contributed by atoms with Gasteiger partial charge in [0.1, 0.15) is 0 Å². The van der Waals surface area contributed by atoms with Crippen LogP contribution in [0.5, 0.6) is 0 Å². The van der Waals surface area contributed by atoms with Crippen molar-refractivity contribution in [2.75, 3.05) is 26.2 Å². The molecule has 2 aromatic carbocycles. The Morgan fingerprint density at radius 1 is 0.838 bits per heavy atom. The average molecular weight is 491 g/mol. The van der Waals surface area contributed by atoms with Crippen molar-refractivity contribution < 1.29 is 4.79 Å². The van der Waals surface area contributed by atoms with Crippen LogP contribution < -0.4 is 0 Å². The second kappa shape index (κ2) is 11.5. The van der Waals surface area contributed by atoms with Gasteiger partial charge in [-0.2, -0.15) is 0 Å². The molecule has 4 aromatic rings. The van der Waals surface area contributed by atoms with Gasteiger partial charge in [-0.25, -0.2) is 0 Å². The molecule has 0 aliphatic carbocycles. The number of carbonyl (C=O) groups excluding carboxylic acids is 1. The van der Waals surface area contributed by atoms with Gasteiger partial charge in [-0.05, 0) is 73.7 Å². The first-order valence-electron chi connectivity index (χ1n) is 13.2. The van der Waals surface area contributed by atoms with Crippen molar-refractivity contribution in [2.24, 2.45) is 0 Å². The Hall–Kier alpha value is -3.83. The van der Waals surface area contributed by atoms with Gasteiger partial charge in [0.25, 0.3) is 5.91 Å². The van der Waals surface area contributed by atoms with Crippen molar-refractivity contribution in [1.29, 1.82) is 0 Å². The molecular weight excluding hydrogens is 456 g/mol. The largest absolute Gasteiger partial charge is 0.339 e. The van der Waals surface area contributed by atoms with Crippen LogP contribution >= 0.6 is 0 Å². The summed E-state index contributed by atoms with van der Waals surface area (Å²) in [6.45, 7) is 8.44. The smallest absolute Gasteiger partial charge is 0.253 e. The van der Waals surface area contributed by atoms with E-state index in [1.807, 2.05) is 55.5 Å². The highest BCUT2D eigenvalue weighted by molar-refractivity contribution is 5.98. The fraction of sp³-hybridized carbons (Fsp3) is 0.281. The number of hydrogen-bond donors (Lipinski definition) is 0. The summed E-state index contributed by atoms with van der Waals surface area (Å²) in [4.78, 5) is 26.2. The summed E-state index contributed by atoms with van der Waals surface area (Å²) in [5.74, 6) is 0.0852. The van der Waals surface area contributed by atoms with Gasteiger partial charge < -0.3 is 4.90 Å². The molecule has 37 heavy (non-hydrogen) atoms. The van der Waals surface area contributed by atoms with E-state index in [4.69, 9.17) is 4.98 Å². The van der Waals surface area contributed by atoms with Crippen molar-refractivity contribution in [3.05, 3.63) is 113 Å². The van der Waals surface area contributed by atoms with E-state index >= 15 is 0 Å². The number of benzene rings is 2. The molecule has 5 rings (SSSR count). The zero-order valence-corrected chi connectivity index (χ0v) is 21.7. The summed E-state index contributed by atoms with van der Waals surface area (Å²) < 4.78 is 0. The minimum atomic E-state index is 0.0852. The normalized spacial score (nSPS) is 14.1. The number of carbonyl (C=O) groups is 1. The molecular formula is C32H34N4O. The van der Waals surface area contributed by atoms with Gasteiger partial charge in [-0.3, -0.25) is 19.7 Å². The lowest BCUT2D eigenvalue weighted by Gasteiger charge is -2.30. The molecule has 1 fully saturated rings. The first kappa shape index (κ1) is 24.8. The predicted octanol–water partition coefficient (Wildman–Crippen LogP) is 6.21. The fourth-order valence-corrected chi connectivity index (χ4v) is 5.31. The minimum Gasteiger partial charge on any atom is -0.339 e. The van der Waals surface area contributed by atoms with Crippen LogP contribution in [-0.4, -0.2) is 51.9 Å². The number of nitrogens with zero attached hydrogens (tertiary/aromatic N) is 4. The third kappa shape index (κ3) is 5.47. The van der Waals surface area contributed by atoms with Crippen LogP contribution in [0.4, 0.5) is 0 Å². The van der Waals surface area contributed by atoms with Gasteiger partial charge >= 0.3 is 0 Å². The molecule has 1 aliphatic heterocycles. The maximum absolute atomic E-state index is 12.9. The van der Waals surface area contributed by atoms with Crippen molar-refractivity contribution >= 4 is 22.4 Å². The molecule has 2 aromatic heterocycles. The molecule has 3 heterocycles. The first-order chi connectivity index (χ1) is 18.2. The maximum atomic E-state index is 12.9. The highest BCUT2D eigenvalue weighted by Crippen LogP contribution is 2.35. The molecule has 188 valence electrons. The van der Waals surface area contributed by atoms with Crippen LogP contribution in [0.1, 0.15) is 53.7 Å². The van der Waals surface area contributed by atoms with E-state index in [9.17, 15) is 4.79 Å². The molecule has 1 aliphatic rings.